The highest BCUT2D eigenvalue weighted by Crippen LogP contribution is 2.34. The Kier molecular flexibility index (Phi) is 5.42. The van der Waals surface area contributed by atoms with Crippen molar-refractivity contribution in [1.29, 1.82) is 0 Å². The molecule has 10 nitrogen and oxygen atoms in total. The summed E-state index contributed by atoms with van der Waals surface area (Å²) >= 11 is 6.51. The van der Waals surface area contributed by atoms with E-state index in [0.29, 0.717) is 38.8 Å². The van der Waals surface area contributed by atoms with E-state index in [2.05, 4.69) is 20.5 Å². The van der Waals surface area contributed by atoms with Gasteiger partial charge in [0.05, 0.1) is 28.1 Å². The molecule has 0 radical (unpaired) electrons. The van der Waals surface area contributed by atoms with E-state index in [1.165, 1.54) is 6.07 Å². The largest absolute Gasteiger partial charge is 0.418 e. The maximum absolute atomic E-state index is 12.7. The highest BCUT2D eigenvalue weighted by atomic mass is 35.5. The number of rotatable bonds is 4. The van der Waals surface area contributed by atoms with Crippen LogP contribution in [0.3, 0.4) is 0 Å². The van der Waals surface area contributed by atoms with Crippen molar-refractivity contribution in [2.45, 2.75) is 0 Å². The van der Waals surface area contributed by atoms with Crippen LogP contribution in [-0.2, 0) is 7.05 Å². The van der Waals surface area contributed by atoms with Gasteiger partial charge in [-0.2, -0.15) is 5.10 Å². The first-order valence-corrected chi connectivity index (χ1v) is 11.6. The number of hydrogen-bond acceptors (Lipinski definition) is 6. The molecule has 0 fully saturated rings. The summed E-state index contributed by atoms with van der Waals surface area (Å²) in [6.45, 7) is 0. The fraction of sp³-hybridized carbons (Fsp3) is 0.0385. The smallest absolute Gasteiger partial charge is 0.404 e. The first kappa shape index (κ1) is 22.5. The number of carbonyl (C=O) groups is 1. The molecular weight excluding hydrogens is 494 g/mol. The minimum atomic E-state index is -0.807. The number of amides is 1. The van der Waals surface area contributed by atoms with Crippen LogP contribution < -0.4 is 15.6 Å². The number of nitrogens with one attached hydrogen (secondary N) is 3. The second-order valence-corrected chi connectivity index (χ2v) is 8.70. The van der Waals surface area contributed by atoms with Gasteiger partial charge >= 0.3 is 6.09 Å². The van der Waals surface area contributed by atoms with E-state index in [9.17, 15) is 9.59 Å². The molecule has 4 heterocycles. The Hall–Kier alpha value is -4.96. The molecule has 0 aliphatic rings. The van der Waals surface area contributed by atoms with Gasteiger partial charge in [0.2, 0.25) is 0 Å². The summed E-state index contributed by atoms with van der Waals surface area (Å²) in [7, 11) is 1.77. The minimum Gasteiger partial charge on any atom is -0.404 e. The number of carbonyl (C=O) groups excluding carboxylic acids is 1. The standard InChI is InChI=1S/C26H18ClN7O3/c1-34-9-5-8-20(34)30-26(36)37-19-12-18-24(32-25(19)35)31-22(14-6-3-2-4-7-14)23(29-18)15-10-16-13-28-33-21(16)17(27)11-15/h2-13H,1H3,(H,28,33)(H,30,36)(H,31,32,35). The summed E-state index contributed by atoms with van der Waals surface area (Å²) in [5.74, 6) is 0.304. The summed E-state index contributed by atoms with van der Waals surface area (Å²) in [6.07, 6.45) is 2.64. The number of pyridine rings is 1. The average Bonchev–Trinajstić information content (AvgIpc) is 3.53. The van der Waals surface area contributed by atoms with Gasteiger partial charge in [-0.05, 0) is 24.3 Å². The number of halogens is 1. The summed E-state index contributed by atoms with van der Waals surface area (Å²) in [5.41, 5.74) is 3.29. The molecule has 6 aromatic rings. The fourth-order valence-electron chi connectivity index (χ4n) is 4.05. The number of ether oxygens (including phenoxy) is 1. The van der Waals surface area contributed by atoms with Crippen molar-refractivity contribution >= 4 is 45.6 Å². The Balaban J connectivity index is 1.48. The van der Waals surface area contributed by atoms with E-state index in [1.807, 2.05) is 36.4 Å². The van der Waals surface area contributed by atoms with E-state index in [4.69, 9.17) is 26.3 Å². The van der Waals surface area contributed by atoms with Gasteiger partial charge in [-0.1, -0.05) is 41.9 Å². The van der Waals surface area contributed by atoms with Gasteiger partial charge < -0.3 is 14.3 Å². The lowest BCUT2D eigenvalue weighted by Crippen LogP contribution is -2.22. The highest BCUT2D eigenvalue weighted by Gasteiger charge is 2.18. The van der Waals surface area contributed by atoms with Crippen molar-refractivity contribution in [2.24, 2.45) is 7.05 Å². The zero-order valence-corrected chi connectivity index (χ0v) is 20.1. The number of aromatic amines is 2. The first-order valence-electron chi connectivity index (χ1n) is 11.2. The van der Waals surface area contributed by atoms with Gasteiger partial charge in [0.15, 0.2) is 11.4 Å². The summed E-state index contributed by atoms with van der Waals surface area (Å²) in [6, 6.07) is 18.0. The summed E-state index contributed by atoms with van der Waals surface area (Å²) in [5, 5.41) is 10.8. The Bertz CT molecular complexity index is 1860. The van der Waals surface area contributed by atoms with Crippen LogP contribution in [0.1, 0.15) is 0 Å². The molecule has 1 amide bonds. The van der Waals surface area contributed by atoms with Crippen LogP contribution in [0.4, 0.5) is 10.6 Å². The van der Waals surface area contributed by atoms with E-state index in [0.717, 1.165) is 10.9 Å². The van der Waals surface area contributed by atoms with Gasteiger partial charge in [-0.15, -0.1) is 0 Å². The first-order chi connectivity index (χ1) is 18.0. The quantitative estimate of drug-likeness (QED) is 0.300. The summed E-state index contributed by atoms with van der Waals surface area (Å²) in [4.78, 5) is 37.4. The number of H-pyrrole nitrogens is 2. The Labute approximate surface area is 213 Å². The van der Waals surface area contributed by atoms with Crippen molar-refractivity contribution in [2.75, 3.05) is 5.32 Å². The number of aryl methyl sites for hydroxylation is 1. The van der Waals surface area contributed by atoms with Gasteiger partial charge in [-0.25, -0.2) is 14.8 Å². The number of nitrogens with zero attached hydrogens (tertiary/aromatic N) is 4. The number of anilines is 1. The van der Waals surface area contributed by atoms with Crippen molar-refractivity contribution in [3.05, 3.63) is 88.4 Å². The number of benzene rings is 2. The summed E-state index contributed by atoms with van der Waals surface area (Å²) < 4.78 is 7.01. The lowest BCUT2D eigenvalue weighted by atomic mass is 10.0. The molecule has 0 bridgehead atoms. The monoisotopic (exact) mass is 511 g/mol. The second-order valence-electron chi connectivity index (χ2n) is 8.29. The average molecular weight is 512 g/mol. The molecule has 0 saturated carbocycles. The molecule has 0 saturated heterocycles. The lowest BCUT2D eigenvalue weighted by Gasteiger charge is -2.12. The van der Waals surface area contributed by atoms with Crippen molar-refractivity contribution in [3.63, 3.8) is 0 Å². The second kappa shape index (κ2) is 8.92. The third-order valence-corrected chi connectivity index (χ3v) is 6.14. The minimum absolute atomic E-state index is 0.213. The van der Waals surface area contributed by atoms with Crippen molar-refractivity contribution in [1.82, 2.24) is 29.7 Å². The molecule has 11 heteroatoms. The molecule has 182 valence electrons. The van der Waals surface area contributed by atoms with Crippen LogP contribution in [0, 0.1) is 0 Å². The van der Waals surface area contributed by atoms with E-state index < -0.39 is 11.7 Å². The van der Waals surface area contributed by atoms with Crippen LogP contribution in [0.5, 0.6) is 5.75 Å². The maximum atomic E-state index is 12.7. The molecule has 4 aromatic heterocycles. The fourth-order valence-corrected chi connectivity index (χ4v) is 4.31. The molecule has 0 spiro atoms. The lowest BCUT2D eigenvalue weighted by molar-refractivity contribution is 0.214. The van der Waals surface area contributed by atoms with Crippen LogP contribution >= 0.6 is 11.6 Å². The van der Waals surface area contributed by atoms with Crippen LogP contribution in [-0.4, -0.2) is 35.8 Å². The molecule has 0 aliphatic carbocycles. The SMILES string of the molecule is Cn1cccc1NC(=O)Oc1cc2nc(-c3cc(Cl)c4[nH]ncc4c3)c(-c3ccccc3)nc2[nH]c1=O. The zero-order chi connectivity index (χ0) is 25.5. The van der Waals surface area contributed by atoms with Crippen LogP contribution in [0.25, 0.3) is 44.6 Å². The van der Waals surface area contributed by atoms with Crippen molar-refractivity contribution in [3.8, 4) is 28.3 Å². The Morgan fingerprint density at radius 1 is 1.03 bits per heavy atom. The van der Waals surface area contributed by atoms with E-state index in [1.54, 1.807) is 42.2 Å². The molecule has 6 rings (SSSR count). The van der Waals surface area contributed by atoms with Crippen molar-refractivity contribution < 1.29 is 9.53 Å². The molecule has 37 heavy (non-hydrogen) atoms. The zero-order valence-electron chi connectivity index (χ0n) is 19.3. The van der Waals surface area contributed by atoms with Gasteiger partial charge in [0.25, 0.3) is 5.56 Å². The maximum Gasteiger partial charge on any atom is 0.418 e. The highest BCUT2D eigenvalue weighted by molar-refractivity contribution is 6.35. The third-order valence-electron chi connectivity index (χ3n) is 5.84. The number of fused-ring (bicyclic) bond motifs is 2. The van der Waals surface area contributed by atoms with Gasteiger partial charge in [-0.3, -0.25) is 15.2 Å². The normalized spacial score (nSPS) is 11.2. The van der Waals surface area contributed by atoms with E-state index >= 15 is 0 Å². The van der Waals surface area contributed by atoms with Gasteiger partial charge in [0, 0.05) is 35.8 Å². The molecule has 0 atom stereocenters. The van der Waals surface area contributed by atoms with Gasteiger partial charge in [0.1, 0.15) is 11.3 Å². The van der Waals surface area contributed by atoms with E-state index in [-0.39, 0.29) is 11.4 Å². The number of hydrogen-bond donors (Lipinski definition) is 3. The number of aromatic nitrogens is 6. The van der Waals surface area contributed by atoms with Crippen LogP contribution in [0.2, 0.25) is 5.02 Å². The third kappa shape index (κ3) is 4.19. The molecular formula is C26H18ClN7O3. The predicted molar refractivity (Wildman–Crippen MR) is 141 cm³/mol. The topological polar surface area (TPSA) is 131 Å². The molecule has 2 aromatic carbocycles. The molecule has 0 aliphatic heterocycles. The Morgan fingerprint density at radius 3 is 2.62 bits per heavy atom. The predicted octanol–water partition coefficient (Wildman–Crippen LogP) is 5.13. The Morgan fingerprint density at radius 2 is 1.84 bits per heavy atom. The molecule has 3 N–H and O–H groups in total. The van der Waals surface area contributed by atoms with Crippen LogP contribution in [0.15, 0.2) is 77.9 Å². The molecule has 0 unspecified atom stereocenters.